The van der Waals surface area contributed by atoms with Gasteiger partial charge in [0.2, 0.25) is 0 Å². The predicted molar refractivity (Wildman–Crippen MR) is 220 cm³/mol. The minimum atomic E-state index is -0.835. The molecular weight excluding hydrogens is 673 g/mol. The number of fused-ring (bicyclic) bond motifs is 1. The Morgan fingerprint density at radius 3 is 1.02 bits per heavy atom. The second-order valence-electron chi connectivity index (χ2n) is 14.7. The lowest BCUT2D eigenvalue weighted by molar-refractivity contribution is 0.0651. The highest BCUT2D eigenvalue weighted by atomic mass is 79.9. The second kappa shape index (κ2) is 31.0. The number of alkyl halides is 1. The molecule has 3 nitrogen and oxygen atoms in total. The number of carbonyl (C=O) groups excluding carboxylic acids is 2. The highest BCUT2D eigenvalue weighted by Crippen LogP contribution is 2.61. The van der Waals surface area contributed by atoms with Crippen molar-refractivity contribution in [1.82, 2.24) is 4.90 Å². The molecule has 2 rings (SSSR count). The molecule has 0 spiro atoms. The number of halogens is 1. The van der Waals surface area contributed by atoms with Crippen LogP contribution in [0.5, 0.6) is 0 Å². The maximum atomic E-state index is 12.6. The monoisotopic (exact) mass is 750 g/mol. The Morgan fingerprint density at radius 1 is 0.438 bits per heavy atom. The van der Waals surface area contributed by atoms with Gasteiger partial charge in [0.15, 0.2) is 0 Å². The van der Waals surface area contributed by atoms with E-state index in [0.29, 0.717) is 17.7 Å². The number of amides is 2. The molecule has 1 aliphatic rings. The molecule has 5 heteroatoms. The van der Waals surface area contributed by atoms with Crippen LogP contribution in [0, 0.1) is 0 Å². The Hall–Kier alpha value is -0.730. The van der Waals surface area contributed by atoms with E-state index >= 15 is 0 Å². The van der Waals surface area contributed by atoms with E-state index < -0.39 is 7.26 Å². The third-order valence-corrected chi connectivity index (χ3v) is 15.7. The first-order valence-corrected chi connectivity index (χ1v) is 24.9. The van der Waals surface area contributed by atoms with Crippen molar-refractivity contribution in [3.63, 3.8) is 0 Å². The SMILES string of the molecule is CBr.CCCCCCCC[P+](CCCCCCCC)(CCCCCCCC)CCCCCCCCCCN1C(=O)c2ccccc2C1=O. The minimum Gasteiger partial charge on any atom is -0.274 e. The molecule has 2 amide bonds. The van der Waals surface area contributed by atoms with Gasteiger partial charge in [0.25, 0.3) is 11.8 Å². The third kappa shape index (κ3) is 19.6. The van der Waals surface area contributed by atoms with Gasteiger partial charge in [-0.2, -0.15) is 0 Å². The molecule has 1 aromatic rings. The second-order valence-corrected chi connectivity index (χ2v) is 19.1. The molecule has 1 heterocycles. The maximum Gasteiger partial charge on any atom is 0.261 e. The van der Waals surface area contributed by atoms with Crippen molar-refractivity contribution >= 4 is 35.0 Å². The van der Waals surface area contributed by atoms with E-state index in [1.54, 1.807) is 36.8 Å². The first-order chi connectivity index (χ1) is 23.6. The van der Waals surface area contributed by atoms with Crippen LogP contribution in [0.25, 0.3) is 0 Å². The molecule has 48 heavy (non-hydrogen) atoms. The lowest BCUT2D eigenvalue weighted by atomic mass is 10.1. The zero-order chi connectivity index (χ0) is 35.1. The molecule has 0 aliphatic carbocycles. The fourth-order valence-electron chi connectivity index (χ4n) is 7.57. The van der Waals surface area contributed by atoms with Crippen LogP contribution >= 0.6 is 23.2 Å². The molecule has 0 bridgehead atoms. The standard InChI is InChI=1S/C42H75NO2P.CH3Br/c1-4-7-10-13-21-28-35-46(36-29-22-14-11-8-5-2,37-30-23-15-12-9-6-3)38-31-24-19-17-16-18-20-27-34-43-41(44)39-32-25-26-33-40(39)42(43)45;1-2/h25-26,32-33H,4-24,27-31,34-38H2,1-3H3;1H3/q+1;. The molecule has 0 radical (unpaired) electrons. The molecule has 1 aromatic carbocycles. The van der Waals surface area contributed by atoms with Crippen molar-refractivity contribution in [3.05, 3.63) is 35.4 Å². The fraction of sp³-hybridized carbons (Fsp3) is 0.814. The van der Waals surface area contributed by atoms with Crippen molar-refractivity contribution in [2.24, 2.45) is 0 Å². The van der Waals surface area contributed by atoms with E-state index in [9.17, 15) is 9.59 Å². The molecule has 0 unspecified atom stereocenters. The van der Waals surface area contributed by atoms with Crippen LogP contribution in [0.1, 0.15) is 208 Å². The first-order valence-electron chi connectivity index (χ1n) is 20.8. The molecule has 0 saturated heterocycles. The van der Waals surface area contributed by atoms with Crippen molar-refractivity contribution in [3.8, 4) is 0 Å². The number of benzene rings is 1. The van der Waals surface area contributed by atoms with Crippen LogP contribution in [-0.2, 0) is 0 Å². The topological polar surface area (TPSA) is 37.4 Å². The quantitative estimate of drug-likeness (QED) is 0.0318. The summed E-state index contributed by atoms with van der Waals surface area (Å²) in [6, 6.07) is 7.24. The normalized spacial score (nSPS) is 12.8. The maximum absolute atomic E-state index is 12.6. The first kappa shape index (κ1) is 45.3. The average Bonchev–Trinajstić information content (AvgIpc) is 3.35. The molecule has 0 aromatic heterocycles. The molecule has 0 saturated carbocycles. The van der Waals surface area contributed by atoms with Gasteiger partial charge in [-0.1, -0.05) is 158 Å². The molecular formula is C43H78BrNO2P+. The lowest BCUT2D eigenvalue weighted by Gasteiger charge is -2.28. The van der Waals surface area contributed by atoms with Crippen LogP contribution < -0.4 is 0 Å². The Balaban J connectivity index is 0.00000565. The largest absolute Gasteiger partial charge is 0.274 e. The van der Waals surface area contributed by atoms with Crippen molar-refractivity contribution in [2.75, 3.05) is 37.0 Å². The summed E-state index contributed by atoms with van der Waals surface area (Å²) in [5, 5.41) is 0. The van der Waals surface area contributed by atoms with Gasteiger partial charge in [0.1, 0.15) is 0 Å². The Labute approximate surface area is 308 Å². The number of carbonyl (C=O) groups is 2. The average molecular weight is 752 g/mol. The minimum absolute atomic E-state index is 0.107. The summed E-state index contributed by atoms with van der Waals surface area (Å²) in [5.74, 6) is 1.60. The van der Waals surface area contributed by atoms with Gasteiger partial charge in [0.05, 0.1) is 35.8 Å². The van der Waals surface area contributed by atoms with Crippen LogP contribution in [0.15, 0.2) is 24.3 Å². The number of rotatable bonds is 32. The lowest BCUT2D eigenvalue weighted by Crippen LogP contribution is -2.30. The van der Waals surface area contributed by atoms with E-state index in [0.717, 1.165) is 12.8 Å². The molecule has 1 aliphatic heterocycles. The zero-order valence-electron chi connectivity index (χ0n) is 32.3. The van der Waals surface area contributed by atoms with Crippen molar-refractivity contribution < 1.29 is 9.59 Å². The summed E-state index contributed by atoms with van der Waals surface area (Å²) in [4.78, 5) is 26.6. The highest BCUT2D eigenvalue weighted by Gasteiger charge is 2.35. The van der Waals surface area contributed by atoms with Gasteiger partial charge in [-0.25, -0.2) is 0 Å². The number of imide groups is 1. The zero-order valence-corrected chi connectivity index (χ0v) is 34.8. The summed E-state index contributed by atoms with van der Waals surface area (Å²) in [6.45, 7) is 7.56. The van der Waals surface area contributed by atoms with Crippen molar-refractivity contribution in [2.45, 2.75) is 188 Å². The number of nitrogens with zero attached hydrogens (tertiary/aromatic N) is 1. The summed E-state index contributed by atoms with van der Waals surface area (Å²) >= 11 is 2.94. The van der Waals surface area contributed by atoms with E-state index in [1.165, 1.54) is 159 Å². The molecule has 0 fully saturated rings. The van der Waals surface area contributed by atoms with E-state index in [1.807, 2.05) is 18.0 Å². The van der Waals surface area contributed by atoms with Gasteiger partial charge in [0, 0.05) is 13.8 Å². The van der Waals surface area contributed by atoms with Gasteiger partial charge in [-0.05, 0) is 75.8 Å². The van der Waals surface area contributed by atoms with Gasteiger partial charge in [-0.15, -0.1) is 0 Å². The van der Waals surface area contributed by atoms with E-state index in [2.05, 4.69) is 36.7 Å². The van der Waals surface area contributed by atoms with Gasteiger partial charge in [-0.3, -0.25) is 14.5 Å². The summed E-state index contributed by atoms with van der Waals surface area (Å²) in [5.41, 5.74) is 1.15. The van der Waals surface area contributed by atoms with Gasteiger partial charge < -0.3 is 0 Å². The predicted octanol–water partition coefficient (Wildman–Crippen LogP) is 14.5. The summed E-state index contributed by atoms with van der Waals surface area (Å²) in [7, 11) is -0.835. The number of hydrogen-bond acceptors (Lipinski definition) is 2. The Morgan fingerprint density at radius 2 is 0.708 bits per heavy atom. The summed E-state index contributed by atoms with van der Waals surface area (Å²) in [6.07, 6.45) is 42.4. The van der Waals surface area contributed by atoms with Gasteiger partial charge >= 0.3 is 0 Å². The smallest absolute Gasteiger partial charge is 0.261 e. The third-order valence-electron chi connectivity index (χ3n) is 10.6. The van der Waals surface area contributed by atoms with Crippen LogP contribution in [0.4, 0.5) is 0 Å². The molecule has 0 N–H and O–H groups in total. The molecule has 278 valence electrons. The van der Waals surface area contributed by atoms with Crippen LogP contribution in [0.2, 0.25) is 0 Å². The Kier molecular flexibility index (Phi) is 29.3. The van der Waals surface area contributed by atoms with Crippen molar-refractivity contribution in [1.29, 1.82) is 0 Å². The fourth-order valence-corrected chi connectivity index (χ4v) is 12.5. The number of hydrogen-bond donors (Lipinski definition) is 0. The van der Waals surface area contributed by atoms with E-state index in [4.69, 9.17) is 0 Å². The van der Waals surface area contributed by atoms with E-state index in [-0.39, 0.29) is 11.8 Å². The van der Waals surface area contributed by atoms with Crippen LogP contribution in [-0.4, -0.2) is 53.7 Å². The van der Waals surface area contributed by atoms with Crippen LogP contribution in [0.3, 0.4) is 0 Å². The molecule has 0 atom stereocenters. The Bertz CT molecular complexity index is 846. The highest BCUT2D eigenvalue weighted by molar-refractivity contribution is 9.08. The summed E-state index contributed by atoms with van der Waals surface area (Å²) < 4.78 is 0. The number of unbranched alkanes of at least 4 members (excludes halogenated alkanes) is 22.